The number of hydrogen-bond donors (Lipinski definition) is 0. The Morgan fingerprint density at radius 3 is 2.82 bits per heavy atom. The Hall–Kier alpha value is -2.82. The summed E-state index contributed by atoms with van der Waals surface area (Å²) >= 11 is 0. The molecule has 0 saturated carbocycles. The molecule has 2 aromatic heterocycles. The molecule has 3 rings (SSSR count). The van der Waals surface area contributed by atoms with Crippen molar-refractivity contribution in [2.45, 2.75) is 39.5 Å². The Bertz CT molecular complexity index is 855. The van der Waals surface area contributed by atoms with Crippen LogP contribution in [0.15, 0.2) is 47.4 Å². The number of ether oxygens (including phenoxy) is 1. The summed E-state index contributed by atoms with van der Waals surface area (Å²) in [4.78, 5) is 25.9. The van der Waals surface area contributed by atoms with Gasteiger partial charge in [0, 0.05) is 54.1 Å². The highest BCUT2D eigenvalue weighted by Gasteiger charge is 2.29. The van der Waals surface area contributed by atoms with E-state index in [1.165, 1.54) is 0 Å². The lowest BCUT2D eigenvalue weighted by atomic mass is 9.99. The van der Waals surface area contributed by atoms with Crippen molar-refractivity contribution < 1.29 is 9.53 Å². The molecule has 0 radical (unpaired) electrons. The second-order valence-electron chi connectivity index (χ2n) is 7.01. The second-order valence-corrected chi connectivity index (χ2v) is 7.01. The van der Waals surface area contributed by atoms with Crippen LogP contribution in [0.25, 0.3) is 16.8 Å². The van der Waals surface area contributed by atoms with Gasteiger partial charge in [-0.2, -0.15) is 0 Å². The zero-order valence-electron chi connectivity index (χ0n) is 16.8. The molecule has 28 heavy (non-hydrogen) atoms. The van der Waals surface area contributed by atoms with Crippen LogP contribution in [0.4, 0.5) is 0 Å². The number of rotatable bonds is 8. The number of hydrogen-bond acceptors (Lipinski definition) is 5. The largest absolute Gasteiger partial charge is 0.462 e. The highest BCUT2D eigenvalue weighted by atomic mass is 16.5. The molecule has 1 unspecified atom stereocenters. The Balaban J connectivity index is 1.97. The first-order valence-corrected chi connectivity index (χ1v) is 9.94. The van der Waals surface area contributed by atoms with E-state index < -0.39 is 0 Å². The Kier molecular flexibility index (Phi) is 6.69. The number of carbonyl (C=O) groups is 1. The molecule has 146 valence electrons. The zero-order chi connectivity index (χ0) is 19.9. The van der Waals surface area contributed by atoms with Crippen LogP contribution in [0.5, 0.6) is 0 Å². The molecule has 2 aromatic rings. The average Bonchev–Trinajstić information content (AvgIpc) is 3.06. The molecule has 2 heterocycles. The van der Waals surface area contributed by atoms with Gasteiger partial charge in [0.15, 0.2) is 0 Å². The molecule has 0 bridgehead atoms. The maximum absolute atomic E-state index is 13.0. The average molecular weight is 377 g/mol. The highest BCUT2D eigenvalue weighted by Crippen LogP contribution is 2.43. The molecular formula is C23H27N3O2. The lowest BCUT2D eigenvalue weighted by Gasteiger charge is -2.15. The number of pyridine rings is 2. The van der Waals surface area contributed by atoms with E-state index in [-0.39, 0.29) is 5.97 Å². The van der Waals surface area contributed by atoms with E-state index in [9.17, 15) is 4.79 Å². The molecular weight excluding hydrogens is 350 g/mol. The predicted molar refractivity (Wildman–Crippen MR) is 112 cm³/mol. The molecule has 0 spiro atoms. The lowest BCUT2D eigenvalue weighted by molar-refractivity contribution is -0.139. The van der Waals surface area contributed by atoms with E-state index >= 15 is 0 Å². The molecule has 0 saturated heterocycles. The van der Waals surface area contributed by atoms with Gasteiger partial charge >= 0.3 is 5.97 Å². The summed E-state index contributed by atoms with van der Waals surface area (Å²) in [6.45, 7) is 4.75. The van der Waals surface area contributed by atoms with Gasteiger partial charge in [0.25, 0.3) is 0 Å². The van der Waals surface area contributed by atoms with Gasteiger partial charge in [-0.15, -0.1) is 0 Å². The minimum Gasteiger partial charge on any atom is -0.462 e. The third-order valence-electron chi connectivity index (χ3n) is 5.16. The molecule has 1 atom stereocenters. The first-order valence-electron chi connectivity index (χ1n) is 9.94. The van der Waals surface area contributed by atoms with Gasteiger partial charge in [-0.05, 0) is 24.5 Å². The van der Waals surface area contributed by atoms with Gasteiger partial charge in [0.1, 0.15) is 0 Å². The predicted octanol–water partition coefficient (Wildman–Crippen LogP) is 4.72. The summed E-state index contributed by atoms with van der Waals surface area (Å²) in [6, 6.07) is 5.78. The fourth-order valence-corrected chi connectivity index (χ4v) is 3.57. The van der Waals surface area contributed by atoms with E-state index in [0.717, 1.165) is 53.6 Å². The summed E-state index contributed by atoms with van der Waals surface area (Å²) in [5.74, 6) is 0.0438. The Morgan fingerprint density at radius 1 is 1.21 bits per heavy atom. The van der Waals surface area contributed by atoms with Crippen LogP contribution in [-0.4, -0.2) is 35.8 Å². The summed E-state index contributed by atoms with van der Waals surface area (Å²) in [7, 11) is 1.66. The third-order valence-corrected chi connectivity index (χ3v) is 5.16. The zero-order valence-corrected chi connectivity index (χ0v) is 16.8. The maximum atomic E-state index is 13.0. The van der Waals surface area contributed by atoms with Crippen LogP contribution in [0, 0.1) is 5.92 Å². The van der Waals surface area contributed by atoms with E-state index in [1.807, 2.05) is 18.2 Å². The topological polar surface area (TPSA) is 64.4 Å². The molecule has 5 nitrogen and oxygen atoms in total. The van der Waals surface area contributed by atoms with Crippen molar-refractivity contribution in [3.05, 3.63) is 53.5 Å². The van der Waals surface area contributed by atoms with Gasteiger partial charge in [-0.25, -0.2) is 4.79 Å². The van der Waals surface area contributed by atoms with Crippen molar-refractivity contribution in [1.29, 1.82) is 0 Å². The molecule has 1 aliphatic carbocycles. The number of unbranched alkanes of at least 4 members (excludes halogenated alkanes) is 1. The molecule has 0 aromatic carbocycles. The smallest absolute Gasteiger partial charge is 0.340 e. The van der Waals surface area contributed by atoms with Crippen LogP contribution >= 0.6 is 0 Å². The van der Waals surface area contributed by atoms with Crippen molar-refractivity contribution in [3.8, 4) is 11.3 Å². The monoisotopic (exact) mass is 377 g/mol. The van der Waals surface area contributed by atoms with Gasteiger partial charge in [-0.3, -0.25) is 15.0 Å². The minimum absolute atomic E-state index is 0.345. The number of nitrogens with zero attached hydrogens (tertiary/aromatic N) is 3. The van der Waals surface area contributed by atoms with Crippen LogP contribution in [0.3, 0.4) is 0 Å². The minimum atomic E-state index is -0.345. The van der Waals surface area contributed by atoms with Crippen molar-refractivity contribution in [3.63, 3.8) is 0 Å². The summed E-state index contributed by atoms with van der Waals surface area (Å²) < 4.78 is 5.72. The molecule has 0 aliphatic heterocycles. The van der Waals surface area contributed by atoms with Crippen LogP contribution in [-0.2, 0) is 9.53 Å². The molecule has 5 heteroatoms. The highest BCUT2D eigenvalue weighted by molar-refractivity contribution is 6.21. The molecule has 0 N–H and O–H groups in total. The van der Waals surface area contributed by atoms with E-state index in [4.69, 9.17) is 4.74 Å². The lowest BCUT2D eigenvalue weighted by Crippen LogP contribution is -2.17. The quantitative estimate of drug-likeness (QED) is 0.324. The summed E-state index contributed by atoms with van der Waals surface area (Å²) in [5, 5.41) is 0. The Labute approximate surface area is 166 Å². The van der Waals surface area contributed by atoms with Crippen LogP contribution in [0.1, 0.15) is 50.7 Å². The fourth-order valence-electron chi connectivity index (χ4n) is 3.57. The van der Waals surface area contributed by atoms with Gasteiger partial charge in [0.2, 0.25) is 0 Å². The molecule has 1 aliphatic rings. The SMILES string of the molecule is CCCCC(CC)COC(=O)/C(C=NC)=C1\c2cnccc2-c2ncccc21. The normalized spacial score (nSPS) is 15.2. The number of carbonyl (C=O) groups excluding carboxylic acids is 1. The third kappa shape index (κ3) is 4.03. The maximum Gasteiger partial charge on any atom is 0.340 e. The second kappa shape index (κ2) is 9.40. The number of fused-ring (bicyclic) bond motifs is 3. The summed E-state index contributed by atoms with van der Waals surface area (Å²) in [5.41, 5.74) is 4.89. The van der Waals surface area contributed by atoms with Gasteiger partial charge in [0.05, 0.1) is 17.9 Å². The van der Waals surface area contributed by atoms with E-state index in [2.05, 4.69) is 28.8 Å². The van der Waals surface area contributed by atoms with E-state index in [0.29, 0.717) is 18.1 Å². The molecule has 0 amide bonds. The van der Waals surface area contributed by atoms with Crippen molar-refractivity contribution in [2.75, 3.05) is 13.7 Å². The Morgan fingerprint density at radius 2 is 2.07 bits per heavy atom. The molecule has 0 fully saturated rings. The van der Waals surface area contributed by atoms with Crippen molar-refractivity contribution in [2.24, 2.45) is 10.9 Å². The number of aliphatic imine (C=N–C) groups is 1. The number of esters is 1. The standard InChI is InChI=1S/C23H27N3O2/c1-4-6-8-16(5-2)15-28-23(27)20(13-24-3)21-18-9-7-11-26-22(18)17-10-12-25-14-19(17)21/h7,9-14,16H,4-6,8,15H2,1-3H3/b21-20-,24-13?. The van der Waals surface area contributed by atoms with Gasteiger partial charge < -0.3 is 4.74 Å². The fraction of sp³-hybridized carbons (Fsp3) is 0.391. The number of aromatic nitrogens is 2. The first-order chi connectivity index (χ1) is 13.7. The summed E-state index contributed by atoms with van der Waals surface area (Å²) in [6.07, 6.45) is 11.2. The van der Waals surface area contributed by atoms with Crippen molar-refractivity contribution >= 4 is 17.8 Å². The first kappa shape index (κ1) is 19.9. The van der Waals surface area contributed by atoms with Crippen LogP contribution in [0.2, 0.25) is 0 Å². The van der Waals surface area contributed by atoms with Crippen LogP contribution < -0.4 is 0 Å². The van der Waals surface area contributed by atoms with Crippen molar-refractivity contribution in [1.82, 2.24) is 9.97 Å². The van der Waals surface area contributed by atoms with E-state index in [1.54, 1.807) is 31.9 Å². The van der Waals surface area contributed by atoms with Gasteiger partial charge in [-0.1, -0.05) is 39.2 Å².